The van der Waals surface area contributed by atoms with Crippen LogP contribution in [-0.4, -0.2) is 87.5 Å². The lowest BCUT2D eigenvalue weighted by atomic mass is 9.92. The van der Waals surface area contributed by atoms with Gasteiger partial charge in [0, 0.05) is 38.3 Å². The van der Waals surface area contributed by atoms with Gasteiger partial charge in [-0.25, -0.2) is 8.42 Å². The Hall–Kier alpha value is -1.80. The van der Waals surface area contributed by atoms with Crippen LogP contribution >= 0.6 is 0 Å². The second kappa shape index (κ2) is 9.77. The van der Waals surface area contributed by atoms with Gasteiger partial charge in [0.25, 0.3) is 0 Å². The number of hydrogen-bond acceptors (Lipinski definition) is 6. The number of nitrogens with zero attached hydrogens (tertiary/aromatic N) is 3. The second-order valence-electron chi connectivity index (χ2n) is 9.08. The number of benzene rings is 1. The van der Waals surface area contributed by atoms with Gasteiger partial charge in [0.1, 0.15) is 5.75 Å². The molecule has 1 aliphatic carbocycles. The Bertz CT molecular complexity index is 861. The lowest BCUT2D eigenvalue weighted by Gasteiger charge is -2.41. The molecule has 0 radical (unpaired) electrons. The van der Waals surface area contributed by atoms with E-state index in [1.165, 1.54) is 6.42 Å². The van der Waals surface area contributed by atoms with Crippen molar-refractivity contribution in [3.8, 4) is 5.75 Å². The summed E-state index contributed by atoms with van der Waals surface area (Å²) in [4.78, 5) is 19.9. The summed E-state index contributed by atoms with van der Waals surface area (Å²) < 4.78 is 29.7. The van der Waals surface area contributed by atoms with Crippen LogP contribution in [-0.2, 0) is 14.6 Å². The monoisotopic (exact) mass is 449 g/mol. The number of carbonyl (C=O) groups is 1. The number of sulfone groups is 1. The van der Waals surface area contributed by atoms with Crippen molar-refractivity contribution >= 4 is 21.4 Å². The van der Waals surface area contributed by atoms with Crippen molar-refractivity contribution in [2.45, 2.75) is 50.6 Å². The molecule has 0 bridgehead atoms. The van der Waals surface area contributed by atoms with Crippen LogP contribution in [0.4, 0.5) is 5.69 Å². The molecule has 2 saturated heterocycles. The van der Waals surface area contributed by atoms with Crippen molar-refractivity contribution in [1.29, 1.82) is 0 Å². The van der Waals surface area contributed by atoms with E-state index in [0.717, 1.165) is 63.3 Å². The molecule has 3 aliphatic rings. The third kappa shape index (κ3) is 5.34. The first-order chi connectivity index (χ1) is 15.0. The zero-order chi connectivity index (χ0) is 21.8. The molecule has 1 aromatic rings. The molecular formula is C23H35N3O4S. The molecule has 1 amide bonds. The van der Waals surface area contributed by atoms with E-state index >= 15 is 0 Å². The van der Waals surface area contributed by atoms with Crippen LogP contribution in [0.1, 0.15) is 38.5 Å². The summed E-state index contributed by atoms with van der Waals surface area (Å²) >= 11 is 0. The fraction of sp³-hybridized carbons (Fsp3) is 0.696. The Kier molecular flexibility index (Phi) is 7.06. The zero-order valence-corrected chi connectivity index (χ0v) is 19.4. The highest BCUT2D eigenvalue weighted by atomic mass is 32.2. The summed E-state index contributed by atoms with van der Waals surface area (Å²) in [5.41, 5.74) is 1.09. The minimum Gasteiger partial charge on any atom is -0.495 e. The molecule has 3 fully saturated rings. The minimum absolute atomic E-state index is 0.111. The van der Waals surface area contributed by atoms with Crippen LogP contribution in [0.2, 0.25) is 0 Å². The van der Waals surface area contributed by atoms with Gasteiger partial charge in [-0.2, -0.15) is 0 Å². The molecule has 1 saturated carbocycles. The molecular weight excluding hydrogens is 414 g/mol. The molecule has 172 valence electrons. The number of carbonyl (C=O) groups excluding carboxylic acids is 1. The summed E-state index contributed by atoms with van der Waals surface area (Å²) in [7, 11) is -1.33. The van der Waals surface area contributed by atoms with Gasteiger partial charge in [-0.3, -0.25) is 9.69 Å². The summed E-state index contributed by atoms with van der Waals surface area (Å²) in [5.74, 6) is 1.33. The first-order valence-corrected chi connectivity index (χ1v) is 13.4. The van der Waals surface area contributed by atoms with Gasteiger partial charge in [0.15, 0.2) is 9.84 Å². The number of piperazine rings is 1. The molecule has 1 aromatic carbocycles. The van der Waals surface area contributed by atoms with Crippen molar-refractivity contribution in [1.82, 2.24) is 9.80 Å². The van der Waals surface area contributed by atoms with E-state index in [4.69, 9.17) is 4.74 Å². The molecule has 1 atom stereocenters. The molecule has 0 aromatic heterocycles. The fourth-order valence-electron chi connectivity index (χ4n) is 5.37. The van der Waals surface area contributed by atoms with Crippen LogP contribution < -0.4 is 9.64 Å². The Balaban J connectivity index is 1.38. The number of rotatable bonds is 6. The SMILES string of the molecule is COc1ccccc1N1CCN(CC(=O)N(C2CCCCC2)C2CCS(=O)(=O)C2)CC1. The second-order valence-corrected chi connectivity index (χ2v) is 11.3. The maximum absolute atomic E-state index is 13.4. The van der Waals surface area contributed by atoms with E-state index in [2.05, 4.69) is 15.9 Å². The normalized spacial score (nSPS) is 24.8. The summed E-state index contributed by atoms with van der Waals surface area (Å²) in [5, 5.41) is 0. The van der Waals surface area contributed by atoms with E-state index in [-0.39, 0.29) is 29.5 Å². The maximum atomic E-state index is 13.4. The zero-order valence-electron chi connectivity index (χ0n) is 18.5. The fourth-order valence-corrected chi connectivity index (χ4v) is 7.08. The molecule has 2 aliphatic heterocycles. The van der Waals surface area contributed by atoms with E-state index in [0.29, 0.717) is 13.0 Å². The summed E-state index contributed by atoms with van der Waals surface area (Å²) in [6.07, 6.45) is 6.07. The Labute approximate surface area is 186 Å². The lowest BCUT2D eigenvalue weighted by molar-refractivity contribution is -0.137. The third-order valence-corrected chi connectivity index (χ3v) is 8.77. The number of hydrogen-bond donors (Lipinski definition) is 0. The molecule has 4 rings (SSSR count). The van der Waals surface area contributed by atoms with Crippen molar-refractivity contribution in [2.75, 3.05) is 56.2 Å². The standard InChI is InChI=1S/C23H35N3O4S/c1-30-22-10-6-5-9-21(22)25-14-12-24(13-15-25)17-23(27)26(19-7-3-2-4-8-19)20-11-16-31(28,29)18-20/h5-6,9-10,19-20H,2-4,7-8,11-18H2,1H3. The van der Waals surface area contributed by atoms with Crippen LogP contribution in [0.25, 0.3) is 0 Å². The van der Waals surface area contributed by atoms with Gasteiger partial charge in [0.05, 0.1) is 30.8 Å². The predicted molar refractivity (Wildman–Crippen MR) is 122 cm³/mol. The molecule has 7 nitrogen and oxygen atoms in total. The van der Waals surface area contributed by atoms with Gasteiger partial charge in [-0.15, -0.1) is 0 Å². The summed E-state index contributed by atoms with van der Waals surface area (Å²) in [6.45, 7) is 3.69. The van der Waals surface area contributed by atoms with Crippen molar-refractivity contribution in [3.05, 3.63) is 24.3 Å². The number of ether oxygens (including phenoxy) is 1. The number of anilines is 1. The lowest BCUT2D eigenvalue weighted by Crippen LogP contribution is -2.54. The van der Waals surface area contributed by atoms with Gasteiger partial charge < -0.3 is 14.5 Å². The van der Waals surface area contributed by atoms with Crippen molar-refractivity contribution in [3.63, 3.8) is 0 Å². The Morgan fingerprint density at radius 3 is 2.39 bits per heavy atom. The first-order valence-electron chi connectivity index (χ1n) is 11.6. The van der Waals surface area contributed by atoms with E-state index in [1.54, 1.807) is 7.11 Å². The first kappa shape index (κ1) is 22.4. The number of para-hydroxylation sites is 2. The van der Waals surface area contributed by atoms with Crippen LogP contribution in [0.3, 0.4) is 0 Å². The average molecular weight is 450 g/mol. The van der Waals surface area contributed by atoms with E-state index in [1.807, 2.05) is 23.1 Å². The molecule has 8 heteroatoms. The van der Waals surface area contributed by atoms with Gasteiger partial charge in [-0.05, 0) is 31.4 Å². The van der Waals surface area contributed by atoms with E-state index in [9.17, 15) is 13.2 Å². The molecule has 31 heavy (non-hydrogen) atoms. The highest BCUT2D eigenvalue weighted by molar-refractivity contribution is 7.91. The summed E-state index contributed by atoms with van der Waals surface area (Å²) in [6, 6.07) is 8.10. The topological polar surface area (TPSA) is 70.2 Å². The molecule has 0 spiro atoms. The van der Waals surface area contributed by atoms with Crippen LogP contribution in [0.15, 0.2) is 24.3 Å². The number of methoxy groups -OCH3 is 1. The van der Waals surface area contributed by atoms with E-state index < -0.39 is 9.84 Å². The minimum atomic E-state index is -3.02. The maximum Gasteiger partial charge on any atom is 0.237 e. The highest BCUT2D eigenvalue weighted by Crippen LogP contribution is 2.30. The Morgan fingerprint density at radius 1 is 1.03 bits per heavy atom. The van der Waals surface area contributed by atoms with Crippen LogP contribution in [0, 0.1) is 0 Å². The van der Waals surface area contributed by atoms with Crippen molar-refractivity contribution < 1.29 is 17.9 Å². The molecule has 1 unspecified atom stereocenters. The quantitative estimate of drug-likeness (QED) is 0.663. The molecule has 0 N–H and O–H groups in total. The molecule has 2 heterocycles. The Morgan fingerprint density at radius 2 is 1.74 bits per heavy atom. The van der Waals surface area contributed by atoms with Gasteiger partial charge in [0.2, 0.25) is 5.91 Å². The van der Waals surface area contributed by atoms with Crippen LogP contribution in [0.5, 0.6) is 5.75 Å². The van der Waals surface area contributed by atoms with Gasteiger partial charge >= 0.3 is 0 Å². The third-order valence-electron chi connectivity index (χ3n) is 7.01. The number of amides is 1. The highest BCUT2D eigenvalue weighted by Gasteiger charge is 2.39. The van der Waals surface area contributed by atoms with Gasteiger partial charge in [-0.1, -0.05) is 31.4 Å². The average Bonchev–Trinajstić information content (AvgIpc) is 3.14. The smallest absolute Gasteiger partial charge is 0.237 e. The van der Waals surface area contributed by atoms with Crippen molar-refractivity contribution in [2.24, 2.45) is 0 Å². The predicted octanol–water partition coefficient (Wildman–Crippen LogP) is 2.17. The largest absolute Gasteiger partial charge is 0.495 e.